The molecule has 2 aliphatic heterocycles. The van der Waals surface area contributed by atoms with Crippen LogP contribution in [0.15, 0.2) is 29.3 Å². The van der Waals surface area contributed by atoms with Crippen LogP contribution >= 0.6 is 11.8 Å². The number of ether oxygens (including phenoxy) is 1. The fraction of sp³-hybridized carbons (Fsp3) is 0.550. The third-order valence-electron chi connectivity index (χ3n) is 4.57. The Morgan fingerprint density at radius 1 is 1.30 bits per heavy atom. The van der Waals surface area contributed by atoms with Gasteiger partial charge in [0.25, 0.3) is 0 Å². The highest BCUT2D eigenvalue weighted by atomic mass is 32.2. The number of nitrogens with one attached hydrogen (secondary N) is 1. The van der Waals surface area contributed by atoms with Gasteiger partial charge in [0, 0.05) is 23.9 Å². The second kappa shape index (κ2) is 8.58. The van der Waals surface area contributed by atoms with E-state index in [4.69, 9.17) is 4.74 Å². The lowest BCUT2D eigenvalue weighted by atomic mass is 10.1. The molecule has 2 amide bonds. The van der Waals surface area contributed by atoms with E-state index in [0.717, 1.165) is 11.3 Å². The second-order valence-corrected chi connectivity index (χ2v) is 11.8. The van der Waals surface area contributed by atoms with Crippen LogP contribution in [-0.4, -0.2) is 60.5 Å². The zero-order valence-electron chi connectivity index (χ0n) is 17.5. The molecule has 0 spiro atoms. The molecule has 0 radical (unpaired) electrons. The molecule has 0 unspecified atom stereocenters. The van der Waals surface area contributed by atoms with E-state index >= 15 is 0 Å². The van der Waals surface area contributed by atoms with Crippen LogP contribution in [0, 0.1) is 6.92 Å². The Balaban J connectivity index is 1.71. The summed E-state index contributed by atoms with van der Waals surface area (Å²) in [5.74, 6) is -0.251. The monoisotopic (exact) mass is 453 g/mol. The first-order valence-corrected chi connectivity index (χ1v) is 12.4. The summed E-state index contributed by atoms with van der Waals surface area (Å²) in [6.45, 7) is 7.36. The first-order chi connectivity index (χ1) is 13.9. The number of carbonyl (C=O) groups excluding carboxylic acids is 2. The van der Waals surface area contributed by atoms with Gasteiger partial charge in [-0.15, -0.1) is 0 Å². The third kappa shape index (κ3) is 5.75. The number of hydrogen-bond donors (Lipinski definition) is 1. The summed E-state index contributed by atoms with van der Waals surface area (Å²) in [6.07, 6.45) is -0.558. The fourth-order valence-corrected chi connectivity index (χ4v) is 7.32. The van der Waals surface area contributed by atoms with Crippen LogP contribution in [0.25, 0.3) is 0 Å². The lowest BCUT2D eigenvalue weighted by Crippen LogP contribution is -2.38. The molecule has 3 rings (SSSR count). The van der Waals surface area contributed by atoms with Crippen molar-refractivity contribution in [2.24, 2.45) is 4.99 Å². The number of sulfone groups is 1. The van der Waals surface area contributed by atoms with Crippen LogP contribution in [0.1, 0.15) is 32.8 Å². The minimum absolute atomic E-state index is 0.0264. The molecular weight excluding hydrogens is 426 g/mol. The Morgan fingerprint density at radius 2 is 2.03 bits per heavy atom. The number of rotatable bonds is 4. The van der Waals surface area contributed by atoms with Crippen LogP contribution in [-0.2, 0) is 19.4 Å². The predicted molar refractivity (Wildman–Crippen MR) is 119 cm³/mol. The van der Waals surface area contributed by atoms with Gasteiger partial charge in [0.15, 0.2) is 15.0 Å². The number of aryl methyl sites for hydroxylation is 1. The fourth-order valence-electron chi connectivity index (χ4n) is 3.39. The van der Waals surface area contributed by atoms with Gasteiger partial charge in [-0.25, -0.2) is 13.2 Å². The van der Waals surface area contributed by atoms with Gasteiger partial charge in [0.2, 0.25) is 5.91 Å². The van der Waals surface area contributed by atoms with Crippen molar-refractivity contribution in [3.63, 3.8) is 0 Å². The molecule has 10 heteroatoms. The van der Waals surface area contributed by atoms with Gasteiger partial charge >= 0.3 is 6.09 Å². The van der Waals surface area contributed by atoms with E-state index in [1.165, 1.54) is 11.8 Å². The number of aliphatic imine (C=N–C) groups is 1. The van der Waals surface area contributed by atoms with Gasteiger partial charge in [-0.2, -0.15) is 4.99 Å². The van der Waals surface area contributed by atoms with Gasteiger partial charge in [-0.3, -0.25) is 4.79 Å². The molecule has 0 aromatic heterocycles. The average molecular weight is 454 g/mol. The zero-order chi connectivity index (χ0) is 22.1. The number of carbonyl (C=O) groups is 2. The number of anilines is 1. The normalized spacial score (nSPS) is 24.0. The summed E-state index contributed by atoms with van der Waals surface area (Å²) in [5, 5.41) is 2.90. The van der Waals surface area contributed by atoms with E-state index in [1.807, 2.05) is 36.1 Å². The van der Waals surface area contributed by atoms with E-state index < -0.39 is 21.5 Å². The van der Waals surface area contributed by atoms with Crippen molar-refractivity contribution >= 4 is 44.5 Å². The van der Waals surface area contributed by atoms with Gasteiger partial charge in [-0.1, -0.05) is 23.9 Å². The molecule has 2 aliphatic rings. The van der Waals surface area contributed by atoms with Crippen molar-refractivity contribution in [2.75, 3.05) is 23.0 Å². The Hall–Kier alpha value is -2.07. The molecule has 8 nitrogen and oxygen atoms in total. The van der Waals surface area contributed by atoms with Gasteiger partial charge in [-0.05, 0) is 45.4 Å². The minimum atomic E-state index is -3.11. The van der Waals surface area contributed by atoms with Crippen LogP contribution in [0.5, 0.6) is 0 Å². The Kier molecular flexibility index (Phi) is 6.47. The van der Waals surface area contributed by atoms with Crippen molar-refractivity contribution < 1.29 is 22.7 Å². The Labute approximate surface area is 181 Å². The van der Waals surface area contributed by atoms with Crippen LogP contribution < -0.4 is 10.2 Å². The van der Waals surface area contributed by atoms with Gasteiger partial charge in [0.1, 0.15) is 5.60 Å². The van der Waals surface area contributed by atoms with Crippen molar-refractivity contribution in [1.29, 1.82) is 0 Å². The molecule has 0 bridgehead atoms. The summed E-state index contributed by atoms with van der Waals surface area (Å²) in [5.41, 5.74) is 1.25. The van der Waals surface area contributed by atoms with E-state index in [0.29, 0.717) is 5.17 Å². The van der Waals surface area contributed by atoms with E-state index in [1.54, 1.807) is 20.8 Å². The number of nitrogens with zero attached hydrogens (tertiary/aromatic N) is 2. The molecule has 0 aliphatic carbocycles. The van der Waals surface area contributed by atoms with Gasteiger partial charge in [0.05, 0.1) is 17.5 Å². The number of alkyl carbamates (subject to hydrolysis) is 1. The number of thioether (sulfide) groups is 1. The molecule has 1 aromatic carbocycles. The largest absolute Gasteiger partial charge is 0.444 e. The lowest BCUT2D eigenvalue weighted by Gasteiger charge is -2.24. The van der Waals surface area contributed by atoms with E-state index in [2.05, 4.69) is 10.3 Å². The molecule has 2 atom stereocenters. The molecule has 1 aromatic rings. The molecule has 164 valence electrons. The summed E-state index contributed by atoms with van der Waals surface area (Å²) in [7, 11) is -3.11. The number of benzene rings is 1. The maximum Gasteiger partial charge on any atom is 0.407 e. The quantitative estimate of drug-likeness (QED) is 0.747. The van der Waals surface area contributed by atoms with E-state index in [9.17, 15) is 18.0 Å². The maximum absolute atomic E-state index is 12.4. The van der Waals surface area contributed by atoms with Crippen molar-refractivity contribution in [3.8, 4) is 0 Å². The number of hydrogen-bond acceptors (Lipinski definition) is 6. The van der Waals surface area contributed by atoms with Gasteiger partial charge < -0.3 is 15.0 Å². The maximum atomic E-state index is 12.4. The predicted octanol–water partition coefficient (Wildman–Crippen LogP) is 2.51. The molecule has 30 heavy (non-hydrogen) atoms. The third-order valence-corrected chi connectivity index (χ3v) is 7.78. The Bertz CT molecular complexity index is 969. The highest BCUT2D eigenvalue weighted by Crippen LogP contribution is 2.41. The molecule has 1 N–H and O–H groups in total. The molecular formula is C20H27N3O5S2. The highest BCUT2D eigenvalue weighted by molar-refractivity contribution is 8.16. The SMILES string of the molecule is Cc1cccc(N2C(=NC(=O)CCNC(=O)OC(C)(C)C)S[C@@H]3CS(=O)(=O)C[C@@H]32)c1. The summed E-state index contributed by atoms with van der Waals surface area (Å²) < 4.78 is 29.4. The molecule has 0 saturated carbocycles. The Morgan fingerprint density at radius 3 is 2.70 bits per heavy atom. The summed E-state index contributed by atoms with van der Waals surface area (Å²) in [6, 6.07) is 7.47. The van der Waals surface area contributed by atoms with Crippen molar-refractivity contribution in [2.45, 2.75) is 51.0 Å². The van der Waals surface area contributed by atoms with Crippen LogP contribution in [0.3, 0.4) is 0 Å². The van der Waals surface area contributed by atoms with Crippen molar-refractivity contribution in [1.82, 2.24) is 5.32 Å². The minimum Gasteiger partial charge on any atom is -0.444 e. The lowest BCUT2D eigenvalue weighted by molar-refractivity contribution is -0.117. The van der Waals surface area contributed by atoms with Crippen LogP contribution in [0.4, 0.5) is 10.5 Å². The average Bonchev–Trinajstić information content (AvgIpc) is 3.03. The van der Waals surface area contributed by atoms with Crippen LogP contribution in [0.2, 0.25) is 0 Å². The molecule has 2 fully saturated rings. The first kappa shape index (κ1) is 22.6. The molecule has 2 saturated heterocycles. The highest BCUT2D eigenvalue weighted by Gasteiger charge is 2.49. The molecule has 2 heterocycles. The summed E-state index contributed by atoms with van der Waals surface area (Å²) in [4.78, 5) is 30.2. The zero-order valence-corrected chi connectivity index (χ0v) is 19.2. The number of fused-ring (bicyclic) bond motifs is 1. The van der Waals surface area contributed by atoms with E-state index in [-0.39, 0.29) is 41.7 Å². The smallest absolute Gasteiger partial charge is 0.407 e. The van der Waals surface area contributed by atoms with Crippen molar-refractivity contribution in [3.05, 3.63) is 29.8 Å². The summed E-state index contributed by atoms with van der Waals surface area (Å²) >= 11 is 1.33. The topological polar surface area (TPSA) is 105 Å². The second-order valence-electron chi connectivity index (χ2n) is 8.48. The standard InChI is InChI=1S/C20H27N3O5S2/c1-13-6-5-7-14(10-13)23-15-11-30(26,27)12-16(15)29-18(23)22-17(24)8-9-21-19(25)28-20(2,3)4/h5-7,10,15-16H,8-9,11-12H2,1-4H3,(H,21,25)/t15-,16+/m0/s1. The number of amides is 2. The number of amidine groups is 1. The first-order valence-electron chi connectivity index (χ1n) is 9.75.